The van der Waals surface area contributed by atoms with Crippen molar-refractivity contribution in [1.29, 1.82) is 0 Å². The van der Waals surface area contributed by atoms with Crippen LogP contribution in [-0.4, -0.2) is 67.4 Å². The molecule has 0 heterocycles. The van der Waals surface area contributed by atoms with Crippen molar-refractivity contribution < 1.29 is 24.0 Å². The van der Waals surface area contributed by atoms with E-state index in [2.05, 4.69) is 10.6 Å². The molecule has 0 aromatic heterocycles. The zero-order chi connectivity index (χ0) is 26.9. The average molecular weight is 493 g/mol. The van der Waals surface area contributed by atoms with Crippen molar-refractivity contribution in [2.45, 2.75) is 59.5 Å². The summed E-state index contributed by atoms with van der Waals surface area (Å²) in [6, 6.07) is 5.33. The lowest BCUT2D eigenvalue weighted by molar-refractivity contribution is -0.486. The van der Waals surface area contributed by atoms with E-state index in [1.807, 2.05) is 19.9 Å². The van der Waals surface area contributed by atoms with Crippen LogP contribution in [0.3, 0.4) is 0 Å². The molecule has 0 aliphatic rings. The average Bonchev–Trinajstić information content (AvgIpc) is 2.74. The van der Waals surface area contributed by atoms with Crippen molar-refractivity contribution in [3.63, 3.8) is 0 Å². The Labute approximate surface area is 207 Å². The Hall–Kier alpha value is -3.17. The number of amides is 3. The van der Waals surface area contributed by atoms with Crippen LogP contribution in [0, 0.1) is 27.4 Å². The van der Waals surface area contributed by atoms with Gasteiger partial charge in [-0.2, -0.15) is 0 Å². The highest BCUT2D eigenvalue weighted by atomic mass is 16.6. The monoisotopic (exact) mass is 492 g/mol. The van der Waals surface area contributed by atoms with Gasteiger partial charge in [-0.3, -0.25) is 24.5 Å². The fourth-order valence-corrected chi connectivity index (χ4v) is 3.75. The maximum Gasteiger partial charge on any atom is 0.244 e. The smallest absolute Gasteiger partial charge is 0.244 e. The lowest BCUT2D eigenvalue weighted by Crippen LogP contribution is -2.59. The van der Waals surface area contributed by atoms with E-state index in [1.165, 1.54) is 4.90 Å². The van der Waals surface area contributed by atoms with Crippen LogP contribution in [0.4, 0.5) is 0 Å². The molecule has 10 heteroatoms. The van der Waals surface area contributed by atoms with Gasteiger partial charge in [-0.1, -0.05) is 46.8 Å². The normalized spacial score (nSPS) is 14.0. The standard InChI is InChI=1S/C25H40N4O6/c1-16(2)12-18(15-29(33)34)22(30)27-21(25(3,4)5)23(31)26-20(24(32)28(6)7)14-17-10-9-11-19(13-17)35-8/h9-11,13,16,18,20-21H,12,14-15H2,1-8H3,(H,26,31)(H,27,30)/t18-,20+,21-/m1/s1. The van der Waals surface area contributed by atoms with Crippen LogP contribution in [0.25, 0.3) is 0 Å². The van der Waals surface area contributed by atoms with Crippen LogP contribution in [-0.2, 0) is 20.8 Å². The minimum absolute atomic E-state index is 0.0672. The molecule has 1 aromatic rings. The van der Waals surface area contributed by atoms with Gasteiger partial charge in [0.05, 0.1) is 7.11 Å². The number of nitrogens with one attached hydrogen (secondary N) is 2. The quantitative estimate of drug-likeness (QED) is 0.340. The predicted molar refractivity (Wildman–Crippen MR) is 134 cm³/mol. The molecule has 3 amide bonds. The molecular formula is C25H40N4O6. The Bertz CT molecular complexity index is 894. The Morgan fingerprint density at radius 1 is 1.11 bits per heavy atom. The second kappa shape index (κ2) is 13.1. The molecule has 0 saturated heterocycles. The van der Waals surface area contributed by atoms with Crippen LogP contribution in [0.5, 0.6) is 5.75 Å². The van der Waals surface area contributed by atoms with Crippen molar-refractivity contribution in [2.75, 3.05) is 27.7 Å². The number of hydrogen-bond acceptors (Lipinski definition) is 6. The van der Waals surface area contributed by atoms with Gasteiger partial charge < -0.3 is 20.3 Å². The summed E-state index contributed by atoms with van der Waals surface area (Å²) < 4.78 is 5.25. The number of methoxy groups -OCH3 is 1. The second-order valence-corrected chi connectivity index (χ2v) is 10.5. The summed E-state index contributed by atoms with van der Waals surface area (Å²) in [6.45, 7) is 8.60. The summed E-state index contributed by atoms with van der Waals surface area (Å²) in [7, 11) is 4.75. The fourth-order valence-electron chi connectivity index (χ4n) is 3.75. The van der Waals surface area contributed by atoms with Gasteiger partial charge >= 0.3 is 0 Å². The zero-order valence-electron chi connectivity index (χ0n) is 22.1. The van der Waals surface area contributed by atoms with E-state index < -0.39 is 46.7 Å². The Kier molecular flexibility index (Phi) is 11.1. The number of nitro groups is 1. The van der Waals surface area contributed by atoms with Crippen molar-refractivity contribution in [3.05, 3.63) is 39.9 Å². The Balaban J connectivity index is 3.17. The third-order valence-corrected chi connectivity index (χ3v) is 5.54. The van der Waals surface area contributed by atoms with Crippen LogP contribution < -0.4 is 15.4 Å². The minimum Gasteiger partial charge on any atom is -0.497 e. The molecule has 10 nitrogen and oxygen atoms in total. The summed E-state index contributed by atoms with van der Waals surface area (Å²) in [5.74, 6) is -1.54. The molecule has 196 valence electrons. The van der Waals surface area contributed by atoms with E-state index in [9.17, 15) is 24.5 Å². The van der Waals surface area contributed by atoms with Gasteiger partial charge in [0.25, 0.3) is 0 Å². The topological polar surface area (TPSA) is 131 Å². The third-order valence-electron chi connectivity index (χ3n) is 5.54. The van der Waals surface area contributed by atoms with Gasteiger partial charge in [0, 0.05) is 25.4 Å². The maximum atomic E-state index is 13.4. The summed E-state index contributed by atoms with van der Waals surface area (Å²) in [5.41, 5.74) is 0.0856. The largest absolute Gasteiger partial charge is 0.497 e. The van der Waals surface area contributed by atoms with Crippen LogP contribution >= 0.6 is 0 Å². The molecule has 1 rings (SSSR count). The number of likely N-dealkylation sites (N-methyl/N-ethyl adjacent to an activating group) is 1. The van der Waals surface area contributed by atoms with Gasteiger partial charge in [-0.15, -0.1) is 0 Å². The highest BCUT2D eigenvalue weighted by Gasteiger charge is 2.37. The molecule has 35 heavy (non-hydrogen) atoms. The number of hydrogen-bond donors (Lipinski definition) is 2. The first-order valence-corrected chi connectivity index (χ1v) is 11.7. The molecular weight excluding hydrogens is 452 g/mol. The Morgan fingerprint density at radius 2 is 1.74 bits per heavy atom. The van der Waals surface area contributed by atoms with E-state index in [1.54, 1.807) is 60.2 Å². The number of ether oxygens (including phenoxy) is 1. The SMILES string of the molecule is COc1cccc(C[C@H](NC(=O)[C@@H](NC(=O)[C@H](CC(C)C)C[N+](=O)[O-])C(C)(C)C)C(=O)N(C)C)c1. The molecule has 0 saturated carbocycles. The molecule has 0 spiro atoms. The van der Waals surface area contributed by atoms with Gasteiger partial charge in [-0.05, 0) is 35.4 Å². The number of rotatable bonds is 12. The first-order valence-electron chi connectivity index (χ1n) is 11.7. The fraction of sp³-hybridized carbons (Fsp3) is 0.640. The molecule has 0 fully saturated rings. The lowest BCUT2D eigenvalue weighted by Gasteiger charge is -2.33. The van der Waals surface area contributed by atoms with E-state index in [4.69, 9.17) is 4.74 Å². The molecule has 0 radical (unpaired) electrons. The lowest BCUT2D eigenvalue weighted by atomic mass is 9.85. The van der Waals surface area contributed by atoms with Crippen LogP contribution in [0.2, 0.25) is 0 Å². The van der Waals surface area contributed by atoms with Gasteiger partial charge in [0.15, 0.2) is 0 Å². The molecule has 0 aliphatic heterocycles. The molecule has 2 N–H and O–H groups in total. The van der Waals surface area contributed by atoms with Crippen molar-refractivity contribution in [2.24, 2.45) is 17.3 Å². The van der Waals surface area contributed by atoms with E-state index >= 15 is 0 Å². The number of carbonyl (C=O) groups excluding carboxylic acids is 3. The van der Waals surface area contributed by atoms with E-state index in [0.29, 0.717) is 12.2 Å². The first-order chi connectivity index (χ1) is 16.1. The maximum absolute atomic E-state index is 13.4. The van der Waals surface area contributed by atoms with Gasteiger partial charge in [0.2, 0.25) is 24.3 Å². The molecule has 1 aromatic carbocycles. The predicted octanol–water partition coefficient (Wildman–Crippen LogP) is 2.28. The van der Waals surface area contributed by atoms with Crippen molar-refractivity contribution in [1.82, 2.24) is 15.5 Å². The highest BCUT2D eigenvalue weighted by molar-refractivity contribution is 5.93. The minimum atomic E-state index is -1.00. The van der Waals surface area contributed by atoms with E-state index in [-0.39, 0.29) is 18.2 Å². The van der Waals surface area contributed by atoms with Crippen molar-refractivity contribution >= 4 is 17.7 Å². The Morgan fingerprint density at radius 3 is 2.23 bits per heavy atom. The third kappa shape index (κ3) is 9.92. The van der Waals surface area contributed by atoms with Gasteiger partial charge in [-0.25, -0.2) is 0 Å². The first kappa shape index (κ1) is 29.9. The second-order valence-electron chi connectivity index (χ2n) is 10.5. The molecule has 3 atom stereocenters. The number of benzene rings is 1. The van der Waals surface area contributed by atoms with E-state index in [0.717, 1.165) is 5.56 Å². The number of carbonyl (C=O) groups is 3. The summed E-state index contributed by atoms with van der Waals surface area (Å²) in [6.07, 6.45) is 0.547. The summed E-state index contributed by atoms with van der Waals surface area (Å²) in [4.78, 5) is 51.3. The number of nitrogens with zero attached hydrogens (tertiary/aromatic N) is 2. The summed E-state index contributed by atoms with van der Waals surface area (Å²) >= 11 is 0. The van der Waals surface area contributed by atoms with Crippen LogP contribution in [0.15, 0.2) is 24.3 Å². The zero-order valence-corrected chi connectivity index (χ0v) is 22.1. The molecule has 0 unspecified atom stereocenters. The summed E-state index contributed by atoms with van der Waals surface area (Å²) in [5, 5.41) is 16.6. The highest BCUT2D eigenvalue weighted by Crippen LogP contribution is 2.22. The van der Waals surface area contributed by atoms with Crippen molar-refractivity contribution in [3.8, 4) is 5.75 Å². The molecule has 0 bridgehead atoms. The molecule has 0 aliphatic carbocycles. The van der Waals surface area contributed by atoms with Gasteiger partial charge in [0.1, 0.15) is 23.8 Å². The van der Waals surface area contributed by atoms with Crippen LogP contribution in [0.1, 0.15) is 46.6 Å².